The van der Waals surface area contributed by atoms with Crippen LogP contribution in [0.5, 0.6) is 0 Å². The highest BCUT2D eigenvalue weighted by atomic mass is 32.2. The average molecular weight is 233 g/mol. The van der Waals surface area contributed by atoms with Gasteiger partial charge in [-0.25, -0.2) is 0 Å². The number of fused-ring (bicyclic) bond motifs is 1. The molecule has 1 aliphatic heterocycles. The van der Waals surface area contributed by atoms with E-state index in [0.29, 0.717) is 6.04 Å². The van der Waals surface area contributed by atoms with E-state index >= 15 is 0 Å². The predicted octanol–water partition coefficient (Wildman–Crippen LogP) is 3.22. The molecule has 1 aromatic rings. The zero-order valence-corrected chi connectivity index (χ0v) is 10.4. The van der Waals surface area contributed by atoms with E-state index in [4.69, 9.17) is 5.73 Å². The number of nitrogens with two attached hydrogens (primary N) is 1. The van der Waals surface area contributed by atoms with Crippen LogP contribution in [0.15, 0.2) is 29.2 Å². The molecule has 1 fully saturated rings. The van der Waals surface area contributed by atoms with Gasteiger partial charge in [0.25, 0.3) is 0 Å². The lowest BCUT2D eigenvalue weighted by atomic mass is 9.98. The Morgan fingerprint density at radius 2 is 2.12 bits per heavy atom. The van der Waals surface area contributed by atoms with Crippen molar-refractivity contribution in [1.29, 1.82) is 0 Å². The Bertz CT molecular complexity index is 352. The molecule has 3 unspecified atom stereocenters. The summed E-state index contributed by atoms with van der Waals surface area (Å²) in [6, 6.07) is 9.34. The first kappa shape index (κ1) is 10.7. The molecule has 1 nitrogen and oxygen atoms in total. The summed E-state index contributed by atoms with van der Waals surface area (Å²) in [5, 5.41) is 0.813. The third kappa shape index (κ3) is 2.14. The molecule has 1 saturated carbocycles. The molecule has 1 heterocycles. The highest BCUT2D eigenvalue weighted by Gasteiger charge is 2.28. The first-order chi connectivity index (χ1) is 7.81. The van der Waals surface area contributed by atoms with Crippen molar-refractivity contribution in [1.82, 2.24) is 0 Å². The van der Waals surface area contributed by atoms with Gasteiger partial charge in [-0.15, -0.1) is 11.8 Å². The molecule has 0 radical (unpaired) electrons. The van der Waals surface area contributed by atoms with Crippen molar-refractivity contribution in [3.05, 3.63) is 29.8 Å². The van der Waals surface area contributed by atoms with Crippen molar-refractivity contribution >= 4 is 11.8 Å². The summed E-state index contributed by atoms with van der Waals surface area (Å²) in [4.78, 5) is 1.51. The van der Waals surface area contributed by atoms with E-state index in [1.54, 1.807) is 5.56 Å². The van der Waals surface area contributed by atoms with Crippen LogP contribution >= 0.6 is 11.8 Å². The molecule has 0 aromatic heterocycles. The van der Waals surface area contributed by atoms with Crippen molar-refractivity contribution in [3.63, 3.8) is 0 Å². The van der Waals surface area contributed by atoms with Crippen LogP contribution in [0.3, 0.4) is 0 Å². The third-order valence-corrected chi connectivity index (χ3v) is 5.24. The Hall–Kier alpha value is -0.470. The van der Waals surface area contributed by atoms with Gasteiger partial charge in [-0.3, -0.25) is 0 Å². The third-order valence-electron chi connectivity index (χ3n) is 3.89. The Labute approximate surface area is 102 Å². The minimum Gasteiger partial charge on any atom is -0.328 e. The predicted molar refractivity (Wildman–Crippen MR) is 69.7 cm³/mol. The van der Waals surface area contributed by atoms with Gasteiger partial charge in [0.2, 0.25) is 0 Å². The Balaban J connectivity index is 1.60. The van der Waals surface area contributed by atoms with E-state index in [9.17, 15) is 0 Å². The van der Waals surface area contributed by atoms with Gasteiger partial charge in [-0.2, -0.15) is 0 Å². The molecule has 16 heavy (non-hydrogen) atoms. The zero-order valence-electron chi connectivity index (χ0n) is 9.56. The minimum absolute atomic E-state index is 0.485. The summed E-state index contributed by atoms with van der Waals surface area (Å²) >= 11 is 2.08. The van der Waals surface area contributed by atoms with Crippen LogP contribution in [0.2, 0.25) is 0 Å². The fraction of sp³-hybridized carbons (Fsp3) is 0.571. The summed E-state index contributed by atoms with van der Waals surface area (Å²) in [5.74, 6) is 0.891. The van der Waals surface area contributed by atoms with Crippen LogP contribution in [-0.4, -0.2) is 11.3 Å². The molecule has 3 rings (SSSR count). The Kier molecular flexibility index (Phi) is 2.95. The minimum atomic E-state index is 0.485. The second-order valence-electron chi connectivity index (χ2n) is 5.23. The number of rotatable bonds is 2. The van der Waals surface area contributed by atoms with E-state index in [1.165, 1.54) is 37.0 Å². The van der Waals surface area contributed by atoms with Crippen LogP contribution in [0.25, 0.3) is 0 Å². The van der Waals surface area contributed by atoms with Crippen molar-refractivity contribution in [2.24, 2.45) is 11.7 Å². The van der Waals surface area contributed by atoms with Crippen LogP contribution in [0.1, 0.15) is 31.2 Å². The fourth-order valence-corrected chi connectivity index (χ4v) is 4.54. The molecule has 86 valence electrons. The van der Waals surface area contributed by atoms with Crippen molar-refractivity contribution in [3.8, 4) is 0 Å². The molecule has 0 saturated heterocycles. The van der Waals surface area contributed by atoms with E-state index in [0.717, 1.165) is 11.2 Å². The molecule has 1 aromatic carbocycles. The van der Waals surface area contributed by atoms with E-state index in [1.807, 2.05) is 0 Å². The molecule has 0 amide bonds. The van der Waals surface area contributed by atoms with Crippen molar-refractivity contribution in [2.75, 3.05) is 0 Å². The zero-order chi connectivity index (χ0) is 11.0. The quantitative estimate of drug-likeness (QED) is 0.848. The molecular weight excluding hydrogens is 214 g/mol. The van der Waals surface area contributed by atoms with Gasteiger partial charge in [0.15, 0.2) is 0 Å². The maximum Gasteiger partial charge on any atom is 0.0138 e. The van der Waals surface area contributed by atoms with Crippen LogP contribution < -0.4 is 5.73 Å². The lowest BCUT2D eigenvalue weighted by Crippen LogP contribution is -2.16. The molecule has 2 aliphatic rings. The van der Waals surface area contributed by atoms with Crippen LogP contribution in [0.4, 0.5) is 0 Å². The van der Waals surface area contributed by atoms with Gasteiger partial charge >= 0.3 is 0 Å². The highest BCUT2D eigenvalue weighted by Crippen LogP contribution is 2.41. The van der Waals surface area contributed by atoms with Crippen molar-refractivity contribution in [2.45, 2.75) is 48.3 Å². The average Bonchev–Trinajstić information content (AvgIpc) is 2.84. The van der Waals surface area contributed by atoms with E-state index in [2.05, 4.69) is 36.0 Å². The fourth-order valence-electron chi connectivity index (χ4n) is 3.08. The molecule has 0 bridgehead atoms. The number of hydrogen-bond acceptors (Lipinski definition) is 2. The van der Waals surface area contributed by atoms with Crippen LogP contribution in [-0.2, 0) is 6.42 Å². The van der Waals surface area contributed by atoms with Gasteiger partial charge in [0.05, 0.1) is 0 Å². The molecule has 2 heteroatoms. The Morgan fingerprint density at radius 3 is 2.88 bits per heavy atom. The second-order valence-corrected chi connectivity index (χ2v) is 6.57. The van der Waals surface area contributed by atoms with E-state index in [-0.39, 0.29) is 0 Å². The van der Waals surface area contributed by atoms with Gasteiger partial charge in [0, 0.05) is 16.2 Å². The Morgan fingerprint density at radius 1 is 1.25 bits per heavy atom. The number of thioether (sulfide) groups is 1. The normalized spacial score (nSPS) is 32.9. The second kappa shape index (κ2) is 4.42. The maximum atomic E-state index is 5.98. The molecule has 0 spiro atoms. The van der Waals surface area contributed by atoms with Gasteiger partial charge < -0.3 is 5.73 Å². The van der Waals surface area contributed by atoms with Gasteiger partial charge in [-0.05, 0) is 49.7 Å². The lowest BCUT2D eigenvalue weighted by Gasteiger charge is -2.14. The molecule has 2 N–H and O–H groups in total. The summed E-state index contributed by atoms with van der Waals surface area (Å²) in [7, 11) is 0. The lowest BCUT2D eigenvalue weighted by molar-refractivity contribution is 0.486. The van der Waals surface area contributed by atoms with Crippen molar-refractivity contribution < 1.29 is 0 Å². The summed E-state index contributed by atoms with van der Waals surface area (Å²) < 4.78 is 0. The largest absolute Gasteiger partial charge is 0.328 e. The SMILES string of the molecule is NC1CCC(CC2Cc3ccccc3S2)C1. The van der Waals surface area contributed by atoms with E-state index < -0.39 is 0 Å². The summed E-state index contributed by atoms with van der Waals surface area (Å²) in [6.07, 6.45) is 6.50. The summed E-state index contributed by atoms with van der Waals surface area (Å²) in [6.45, 7) is 0. The number of hydrogen-bond donors (Lipinski definition) is 1. The molecule has 3 atom stereocenters. The summed E-state index contributed by atoms with van der Waals surface area (Å²) in [5.41, 5.74) is 7.53. The smallest absolute Gasteiger partial charge is 0.0138 e. The maximum absolute atomic E-state index is 5.98. The molecular formula is C14H19NS. The van der Waals surface area contributed by atoms with Gasteiger partial charge in [0.1, 0.15) is 0 Å². The first-order valence-corrected chi connectivity index (χ1v) is 7.19. The number of benzene rings is 1. The monoisotopic (exact) mass is 233 g/mol. The van der Waals surface area contributed by atoms with Crippen LogP contribution in [0, 0.1) is 5.92 Å². The van der Waals surface area contributed by atoms with Gasteiger partial charge in [-0.1, -0.05) is 18.2 Å². The molecule has 1 aliphatic carbocycles. The highest BCUT2D eigenvalue weighted by molar-refractivity contribution is 8.00. The first-order valence-electron chi connectivity index (χ1n) is 6.31. The standard InChI is InChI=1S/C14H19NS/c15-12-6-5-10(7-12)8-13-9-11-3-1-2-4-14(11)16-13/h1-4,10,12-13H,5-9,15H2. The topological polar surface area (TPSA) is 26.0 Å².